The predicted octanol–water partition coefficient (Wildman–Crippen LogP) is -0.938. The summed E-state index contributed by atoms with van der Waals surface area (Å²) in [5.41, 5.74) is 2.40. The molecule has 2 aliphatic heterocycles. The number of benzene rings is 1. The van der Waals surface area contributed by atoms with Crippen LogP contribution in [0.1, 0.15) is 46.2 Å². The highest BCUT2D eigenvalue weighted by atomic mass is 35.5. The molecule has 33 heavy (non-hydrogen) atoms. The zero-order chi connectivity index (χ0) is 23.7. The number of carbonyl (C=O) groups excluding carboxylic acids is 2. The molecule has 0 radical (unpaired) electrons. The van der Waals surface area contributed by atoms with Gasteiger partial charge in [-0.05, 0) is 43.4 Å². The number of ether oxygens (including phenoxy) is 1. The molecule has 1 saturated heterocycles. The predicted molar refractivity (Wildman–Crippen MR) is 136 cm³/mol. The highest BCUT2D eigenvalue weighted by Gasteiger charge is 2.45. The SMILES string of the molecule is BC1(B)COCC(B)(B)N1C(=O)c1cc(-c2cc(Cl)c3c(c2)CN([C@@H](C)C2CC2)C3=O)on1. The van der Waals surface area contributed by atoms with Gasteiger partial charge in [0.1, 0.15) is 31.4 Å². The Labute approximate surface area is 202 Å². The summed E-state index contributed by atoms with van der Waals surface area (Å²) in [6, 6.07) is 5.51. The van der Waals surface area contributed by atoms with Gasteiger partial charge < -0.3 is 19.1 Å². The minimum absolute atomic E-state index is 0.00818. The summed E-state index contributed by atoms with van der Waals surface area (Å²) < 4.78 is 11.3. The van der Waals surface area contributed by atoms with Crippen LogP contribution in [-0.4, -0.2) is 88.1 Å². The van der Waals surface area contributed by atoms with E-state index in [1.807, 2.05) is 47.3 Å². The van der Waals surface area contributed by atoms with Crippen molar-refractivity contribution in [2.45, 2.75) is 43.0 Å². The van der Waals surface area contributed by atoms with Crippen molar-refractivity contribution in [3.05, 3.63) is 40.0 Å². The van der Waals surface area contributed by atoms with E-state index in [0.717, 1.165) is 5.56 Å². The molecule has 0 bridgehead atoms. The van der Waals surface area contributed by atoms with Crippen LogP contribution in [0.25, 0.3) is 11.3 Å². The van der Waals surface area contributed by atoms with Gasteiger partial charge in [-0.15, -0.1) is 0 Å². The van der Waals surface area contributed by atoms with E-state index in [2.05, 4.69) is 12.1 Å². The number of amides is 2. The quantitative estimate of drug-likeness (QED) is 0.548. The Morgan fingerprint density at radius 3 is 2.48 bits per heavy atom. The fourth-order valence-electron chi connectivity index (χ4n) is 5.41. The zero-order valence-corrected chi connectivity index (χ0v) is 20.5. The average Bonchev–Trinajstić information content (AvgIpc) is 3.34. The normalized spacial score (nSPS) is 22.3. The molecule has 5 rings (SSSR count). The van der Waals surface area contributed by atoms with Crippen LogP contribution in [0.5, 0.6) is 0 Å². The van der Waals surface area contributed by atoms with Crippen molar-refractivity contribution in [2.75, 3.05) is 13.2 Å². The molecule has 168 valence electrons. The summed E-state index contributed by atoms with van der Waals surface area (Å²) >= 11 is 6.55. The second-order valence-electron chi connectivity index (χ2n) is 10.8. The molecule has 1 aromatic heterocycles. The Morgan fingerprint density at radius 2 is 1.85 bits per heavy atom. The van der Waals surface area contributed by atoms with Gasteiger partial charge in [0.15, 0.2) is 11.5 Å². The summed E-state index contributed by atoms with van der Waals surface area (Å²) in [6.45, 7) is 3.56. The number of rotatable bonds is 4. The first kappa shape index (κ1) is 22.7. The van der Waals surface area contributed by atoms with E-state index >= 15 is 0 Å². The van der Waals surface area contributed by atoms with Crippen molar-refractivity contribution in [1.82, 2.24) is 15.0 Å². The molecule has 1 aliphatic carbocycles. The first-order valence-electron chi connectivity index (χ1n) is 11.5. The van der Waals surface area contributed by atoms with Crippen LogP contribution >= 0.6 is 11.6 Å². The lowest BCUT2D eigenvalue weighted by atomic mass is 9.51. The van der Waals surface area contributed by atoms with E-state index in [-0.39, 0.29) is 23.6 Å². The Bertz CT molecular complexity index is 1130. The van der Waals surface area contributed by atoms with E-state index in [1.54, 1.807) is 12.1 Å². The van der Waals surface area contributed by atoms with Gasteiger partial charge in [-0.2, -0.15) is 0 Å². The molecule has 3 heterocycles. The van der Waals surface area contributed by atoms with Crippen molar-refractivity contribution in [2.24, 2.45) is 5.92 Å². The van der Waals surface area contributed by atoms with Crippen molar-refractivity contribution in [3.8, 4) is 11.3 Å². The lowest BCUT2D eigenvalue weighted by molar-refractivity contribution is -0.0172. The van der Waals surface area contributed by atoms with Gasteiger partial charge in [0.2, 0.25) is 0 Å². The van der Waals surface area contributed by atoms with Crippen molar-refractivity contribution < 1.29 is 18.8 Å². The third-order valence-corrected chi connectivity index (χ3v) is 7.42. The van der Waals surface area contributed by atoms with Gasteiger partial charge in [0.05, 0.1) is 23.8 Å². The van der Waals surface area contributed by atoms with Gasteiger partial charge in [0.25, 0.3) is 11.8 Å². The first-order valence-corrected chi connectivity index (χ1v) is 11.9. The summed E-state index contributed by atoms with van der Waals surface area (Å²) in [4.78, 5) is 30.1. The molecular formula is C21H26B4ClN3O4. The first-order chi connectivity index (χ1) is 15.5. The van der Waals surface area contributed by atoms with E-state index in [0.29, 0.717) is 47.6 Å². The molecule has 0 unspecified atom stereocenters. The lowest BCUT2D eigenvalue weighted by Gasteiger charge is -2.53. The summed E-state index contributed by atoms with van der Waals surface area (Å²) in [5.74, 6) is 0.826. The number of morpholine rings is 1. The summed E-state index contributed by atoms with van der Waals surface area (Å²) in [6.07, 6.45) is 2.35. The van der Waals surface area contributed by atoms with Crippen LogP contribution < -0.4 is 0 Å². The maximum absolute atomic E-state index is 13.4. The minimum Gasteiger partial charge on any atom is -0.380 e. The molecule has 12 heteroatoms. The fraction of sp³-hybridized carbons (Fsp3) is 0.476. The molecule has 0 N–H and O–H groups in total. The molecular weight excluding hydrogens is 437 g/mol. The van der Waals surface area contributed by atoms with Crippen LogP contribution in [0.4, 0.5) is 0 Å². The van der Waals surface area contributed by atoms with Crippen LogP contribution in [0.3, 0.4) is 0 Å². The average molecular weight is 463 g/mol. The van der Waals surface area contributed by atoms with Gasteiger partial charge in [-0.25, -0.2) is 0 Å². The van der Waals surface area contributed by atoms with Crippen LogP contribution in [-0.2, 0) is 11.3 Å². The molecule has 2 amide bonds. The third-order valence-electron chi connectivity index (χ3n) is 7.12. The molecule has 1 atom stereocenters. The molecule has 3 aliphatic rings. The standard InChI is InChI=1S/C21H26B4ClN3O4/c1-10(11-2-3-11)28-7-13-4-12(5-14(26)17(13)19(28)31)16-6-15(27-33-16)18(30)29-20(22,23)8-32-9-21(29,24)25/h4-6,10-11H,2-3,7-9,22-25H2,1H3/t10-/m0/s1. The number of halogens is 1. The summed E-state index contributed by atoms with van der Waals surface area (Å²) in [7, 11) is 7.94. The zero-order valence-electron chi connectivity index (χ0n) is 19.8. The van der Waals surface area contributed by atoms with Gasteiger partial charge in [-0.1, -0.05) is 16.8 Å². The number of fused-ring (bicyclic) bond motifs is 1. The molecule has 0 spiro atoms. The Kier molecular flexibility index (Phi) is 5.29. The van der Waals surface area contributed by atoms with Gasteiger partial charge >= 0.3 is 0 Å². The molecule has 7 nitrogen and oxygen atoms in total. The number of carbonyl (C=O) groups is 2. The van der Waals surface area contributed by atoms with Crippen molar-refractivity contribution in [3.63, 3.8) is 0 Å². The maximum Gasteiger partial charge on any atom is 0.274 e. The fourth-order valence-corrected chi connectivity index (χ4v) is 5.73. The number of nitrogens with zero attached hydrogens (tertiary/aromatic N) is 3. The summed E-state index contributed by atoms with van der Waals surface area (Å²) in [5, 5.41) is 3.53. The molecule has 1 aromatic carbocycles. The second-order valence-corrected chi connectivity index (χ2v) is 11.2. The topological polar surface area (TPSA) is 75.9 Å². The number of aromatic nitrogens is 1. The van der Waals surface area contributed by atoms with E-state index in [1.165, 1.54) is 12.8 Å². The Hall–Kier alpha value is -2.12. The van der Waals surface area contributed by atoms with Crippen LogP contribution in [0.15, 0.2) is 22.7 Å². The number of hydrogen-bond acceptors (Lipinski definition) is 5. The van der Waals surface area contributed by atoms with Gasteiger partial charge in [0, 0.05) is 34.9 Å². The van der Waals surface area contributed by atoms with Crippen molar-refractivity contribution in [1.29, 1.82) is 0 Å². The largest absolute Gasteiger partial charge is 0.380 e. The molecule has 2 fully saturated rings. The second kappa shape index (κ2) is 7.70. The Morgan fingerprint density at radius 1 is 1.18 bits per heavy atom. The highest BCUT2D eigenvalue weighted by molar-refractivity contribution is 6.46. The monoisotopic (exact) mass is 463 g/mol. The minimum atomic E-state index is -0.475. The number of hydrogen-bond donors (Lipinski definition) is 0. The smallest absolute Gasteiger partial charge is 0.274 e. The van der Waals surface area contributed by atoms with Gasteiger partial charge in [-0.3, -0.25) is 9.59 Å². The van der Waals surface area contributed by atoms with Crippen molar-refractivity contribution >= 4 is 54.8 Å². The van der Waals surface area contributed by atoms with E-state index < -0.39 is 10.7 Å². The van der Waals surface area contributed by atoms with E-state index in [4.69, 9.17) is 20.9 Å². The molecule has 1 saturated carbocycles. The van der Waals surface area contributed by atoms with Crippen LogP contribution in [0.2, 0.25) is 5.02 Å². The van der Waals surface area contributed by atoms with E-state index in [9.17, 15) is 9.59 Å². The maximum atomic E-state index is 13.4. The van der Waals surface area contributed by atoms with Crippen LogP contribution in [0, 0.1) is 5.92 Å². The highest BCUT2D eigenvalue weighted by Crippen LogP contribution is 2.41. The third kappa shape index (κ3) is 3.83. The Balaban J connectivity index is 1.43. The lowest BCUT2D eigenvalue weighted by Crippen LogP contribution is -2.71. The molecule has 2 aromatic rings.